The number of amides is 2. The summed E-state index contributed by atoms with van der Waals surface area (Å²) in [7, 11) is 4.42. The standard InChI is InChI=1S/C23H26N2O6/c1-13(2)31-18-12-15(8-11-17(18)29-4)21-19(22(26)30-5)20(24-23(27)25-21)14-6-9-16(28-3)10-7-14/h6-13,21H,1-5H3,(H2,24,25,27). The maximum Gasteiger partial charge on any atom is 0.338 e. The molecule has 1 unspecified atom stereocenters. The van der Waals surface area contributed by atoms with Gasteiger partial charge in [0.15, 0.2) is 11.5 Å². The van der Waals surface area contributed by atoms with Gasteiger partial charge in [0, 0.05) is 0 Å². The lowest BCUT2D eigenvalue weighted by Gasteiger charge is -2.30. The van der Waals surface area contributed by atoms with E-state index < -0.39 is 18.0 Å². The second-order valence-corrected chi connectivity index (χ2v) is 7.12. The molecule has 31 heavy (non-hydrogen) atoms. The summed E-state index contributed by atoms with van der Waals surface area (Å²) in [5.74, 6) is 1.16. The maximum absolute atomic E-state index is 12.8. The molecule has 3 rings (SSSR count). The van der Waals surface area contributed by atoms with Gasteiger partial charge >= 0.3 is 12.0 Å². The van der Waals surface area contributed by atoms with Crippen molar-refractivity contribution in [3.8, 4) is 17.2 Å². The minimum Gasteiger partial charge on any atom is -0.497 e. The van der Waals surface area contributed by atoms with E-state index in [0.717, 1.165) is 0 Å². The molecule has 8 heteroatoms. The van der Waals surface area contributed by atoms with Crippen LogP contribution in [0.15, 0.2) is 48.0 Å². The van der Waals surface area contributed by atoms with Crippen molar-refractivity contribution in [3.05, 3.63) is 59.2 Å². The lowest BCUT2D eigenvalue weighted by Crippen LogP contribution is -2.45. The number of urea groups is 1. The van der Waals surface area contributed by atoms with Crippen molar-refractivity contribution < 1.29 is 28.5 Å². The fourth-order valence-corrected chi connectivity index (χ4v) is 3.35. The summed E-state index contributed by atoms with van der Waals surface area (Å²) in [6.45, 7) is 3.81. The Labute approximate surface area is 181 Å². The second kappa shape index (κ2) is 9.42. The zero-order chi connectivity index (χ0) is 22.5. The first-order chi connectivity index (χ1) is 14.9. The van der Waals surface area contributed by atoms with E-state index in [1.807, 2.05) is 13.8 Å². The second-order valence-electron chi connectivity index (χ2n) is 7.12. The summed E-state index contributed by atoms with van der Waals surface area (Å²) in [5, 5.41) is 5.55. The van der Waals surface area contributed by atoms with Gasteiger partial charge < -0.3 is 29.6 Å². The number of carbonyl (C=O) groups excluding carboxylic acids is 2. The van der Waals surface area contributed by atoms with Crippen molar-refractivity contribution in [1.29, 1.82) is 0 Å². The van der Waals surface area contributed by atoms with E-state index in [2.05, 4.69) is 10.6 Å². The van der Waals surface area contributed by atoms with Crippen molar-refractivity contribution in [1.82, 2.24) is 10.6 Å². The van der Waals surface area contributed by atoms with E-state index in [9.17, 15) is 9.59 Å². The average Bonchev–Trinajstić information content (AvgIpc) is 2.77. The highest BCUT2D eigenvalue weighted by Crippen LogP contribution is 2.37. The van der Waals surface area contributed by atoms with Crippen LogP contribution in [0.3, 0.4) is 0 Å². The van der Waals surface area contributed by atoms with Crippen LogP contribution >= 0.6 is 0 Å². The number of carbonyl (C=O) groups is 2. The molecule has 0 fully saturated rings. The van der Waals surface area contributed by atoms with Crippen LogP contribution in [-0.2, 0) is 9.53 Å². The van der Waals surface area contributed by atoms with E-state index in [4.69, 9.17) is 18.9 Å². The predicted molar refractivity (Wildman–Crippen MR) is 115 cm³/mol. The van der Waals surface area contributed by atoms with Crippen molar-refractivity contribution in [2.75, 3.05) is 21.3 Å². The summed E-state index contributed by atoms with van der Waals surface area (Å²) in [6, 6.07) is 11.1. The monoisotopic (exact) mass is 426 g/mol. The quantitative estimate of drug-likeness (QED) is 0.659. The molecular formula is C23H26N2O6. The third kappa shape index (κ3) is 4.74. The van der Waals surface area contributed by atoms with Gasteiger partial charge in [-0.25, -0.2) is 9.59 Å². The molecule has 0 saturated heterocycles. The molecule has 2 aromatic rings. The first-order valence-electron chi connectivity index (χ1n) is 9.77. The highest BCUT2D eigenvalue weighted by atomic mass is 16.5. The lowest BCUT2D eigenvalue weighted by atomic mass is 9.92. The fourth-order valence-electron chi connectivity index (χ4n) is 3.35. The predicted octanol–water partition coefficient (Wildman–Crippen LogP) is 3.43. The number of nitrogens with one attached hydrogen (secondary N) is 2. The summed E-state index contributed by atoms with van der Waals surface area (Å²) < 4.78 is 21.5. The fraction of sp³-hybridized carbons (Fsp3) is 0.304. The molecule has 1 atom stereocenters. The minimum atomic E-state index is -0.751. The van der Waals surface area contributed by atoms with Crippen LogP contribution in [0.25, 0.3) is 5.70 Å². The number of hydrogen-bond acceptors (Lipinski definition) is 6. The zero-order valence-corrected chi connectivity index (χ0v) is 18.1. The van der Waals surface area contributed by atoms with E-state index in [1.54, 1.807) is 56.7 Å². The van der Waals surface area contributed by atoms with E-state index in [-0.39, 0.29) is 11.7 Å². The SMILES string of the molecule is COC(=O)C1=C(c2ccc(OC)cc2)NC(=O)NC1c1ccc(OC)c(OC(C)C)c1. The van der Waals surface area contributed by atoms with Gasteiger partial charge in [-0.3, -0.25) is 0 Å². The Morgan fingerprint density at radius 3 is 2.26 bits per heavy atom. The Bertz CT molecular complexity index is 998. The van der Waals surface area contributed by atoms with Gasteiger partial charge in [-0.1, -0.05) is 6.07 Å². The van der Waals surface area contributed by atoms with Crippen LogP contribution in [0.2, 0.25) is 0 Å². The van der Waals surface area contributed by atoms with Gasteiger partial charge in [0.25, 0.3) is 0 Å². The van der Waals surface area contributed by atoms with Gasteiger partial charge in [-0.05, 0) is 61.4 Å². The van der Waals surface area contributed by atoms with Crippen LogP contribution in [-0.4, -0.2) is 39.4 Å². The van der Waals surface area contributed by atoms with Crippen LogP contribution < -0.4 is 24.8 Å². The third-order valence-electron chi connectivity index (χ3n) is 4.74. The van der Waals surface area contributed by atoms with Crippen molar-refractivity contribution in [3.63, 3.8) is 0 Å². The smallest absolute Gasteiger partial charge is 0.338 e. The molecule has 0 bridgehead atoms. The summed E-state index contributed by atoms with van der Waals surface area (Å²) in [5.41, 5.74) is 1.93. The molecule has 0 radical (unpaired) electrons. The summed E-state index contributed by atoms with van der Waals surface area (Å²) in [4.78, 5) is 25.3. The van der Waals surface area contributed by atoms with Gasteiger partial charge in [0.2, 0.25) is 0 Å². The molecular weight excluding hydrogens is 400 g/mol. The Morgan fingerprint density at radius 2 is 1.68 bits per heavy atom. The van der Waals surface area contributed by atoms with Gasteiger partial charge in [0.1, 0.15) is 5.75 Å². The third-order valence-corrected chi connectivity index (χ3v) is 4.74. The molecule has 2 amide bonds. The summed E-state index contributed by atoms with van der Waals surface area (Å²) >= 11 is 0. The largest absolute Gasteiger partial charge is 0.497 e. The first kappa shape index (κ1) is 22.0. The highest BCUT2D eigenvalue weighted by Gasteiger charge is 2.34. The molecule has 0 aromatic heterocycles. The van der Waals surface area contributed by atoms with Crippen molar-refractivity contribution in [2.24, 2.45) is 0 Å². The number of rotatable bonds is 7. The Balaban J connectivity index is 2.15. The minimum absolute atomic E-state index is 0.0859. The number of esters is 1. The van der Waals surface area contributed by atoms with Crippen LogP contribution in [0.4, 0.5) is 4.79 Å². The van der Waals surface area contributed by atoms with Gasteiger partial charge in [-0.15, -0.1) is 0 Å². The van der Waals surface area contributed by atoms with E-state index in [1.165, 1.54) is 7.11 Å². The van der Waals surface area contributed by atoms with Gasteiger partial charge in [0.05, 0.1) is 44.7 Å². The number of benzene rings is 2. The number of methoxy groups -OCH3 is 3. The lowest BCUT2D eigenvalue weighted by molar-refractivity contribution is -0.136. The topological polar surface area (TPSA) is 95.1 Å². The Hall–Kier alpha value is -3.68. The van der Waals surface area contributed by atoms with Crippen LogP contribution in [0.1, 0.15) is 31.0 Å². The molecule has 1 heterocycles. The average molecular weight is 426 g/mol. The molecule has 0 aliphatic carbocycles. The molecule has 2 N–H and O–H groups in total. The maximum atomic E-state index is 12.8. The zero-order valence-electron chi connectivity index (χ0n) is 18.1. The Morgan fingerprint density at radius 1 is 0.968 bits per heavy atom. The van der Waals surface area contributed by atoms with Crippen LogP contribution in [0.5, 0.6) is 17.2 Å². The molecule has 0 spiro atoms. The number of hydrogen-bond donors (Lipinski definition) is 2. The highest BCUT2D eigenvalue weighted by molar-refractivity contribution is 6.04. The van der Waals surface area contributed by atoms with Crippen molar-refractivity contribution in [2.45, 2.75) is 26.0 Å². The van der Waals surface area contributed by atoms with Gasteiger partial charge in [-0.2, -0.15) is 0 Å². The summed E-state index contributed by atoms with van der Waals surface area (Å²) in [6.07, 6.45) is -0.0859. The number of ether oxygens (including phenoxy) is 4. The normalized spacial score (nSPS) is 15.8. The molecule has 164 valence electrons. The molecule has 0 saturated carbocycles. The van der Waals surface area contributed by atoms with E-state index in [0.29, 0.717) is 34.1 Å². The molecule has 8 nitrogen and oxygen atoms in total. The van der Waals surface area contributed by atoms with Crippen molar-refractivity contribution >= 4 is 17.7 Å². The molecule has 2 aromatic carbocycles. The van der Waals surface area contributed by atoms with Crippen LogP contribution in [0, 0.1) is 0 Å². The first-order valence-corrected chi connectivity index (χ1v) is 9.77. The Kier molecular flexibility index (Phi) is 6.69. The molecule has 1 aliphatic heterocycles. The van der Waals surface area contributed by atoms with E-state index >= 15 is 0 Å². The molecule has 1 aliphatic rings.